The predicted molar refractivity (Wildman–Crippen MR) is 254 cm³/mol. The minimum atomic E-state index is 1.11. The average molecular weight is 769 g/mol. The molecule has 0 amide bonds. The molecule has 0 aliphatic carbocycles. The van der Waals surface area contributed by atoms with E-state index >= 15 is 0 Å². The monoisotopic (exact) mass is 768 g/mol. The van der Waals surface area contributed by atoms with Gasteiger partial charge in [-0.3, -0.25) is 0 Å². The SMILES string of the molecule is c1ccc(-n2c3ccccc3c3cc(-c4ccc(N(c5ccc(-c6ccc7sc8ccccc8c7c6)cc5)c5cccc6ccc7ccccc7c56)cc4)ccc32)cc1. The number of rotatable bonds is 6. The highest BCUT2D eigenvalue weighted by atomic mass is 32.1. The first kappa shape index (κ1) is 33.7. The van der Waals surface area contributed by atoms with Crippen molar-refractivity contribution in [2.75, 3.05) is 4.90 Å². The van der Waals surface area contributed by atoms with Crippen LogP contribution in [-0.4, -0.2) is 4.57 Å². The molecule has 0 bridgehead atoms. The van der Waals surface area contributed by atoms with E-state index < -0.39 is 0 Å². The molecule has 0 N–H and O–H groups in total. The van der Waals surface area contributed by atoms with Crippen LogP contribution in [0.3, 0.4) is 0 Å². The van der Waals surface area contributed by atoms with Crippen LogP contribution in [0, 0.1) is 0 Å². The van der Waals surface area contributed by atoms with Gasteiger partial charge in [-0.1, -0.05) is 140 Å². The second kappa shape index (κ2) is 13.6. The van der Waals surface area contributed by atoms with Gasteiger partial charge in [-0.25, -0.2) is 0 Å². The second-order valence-corrected chi connectivity index (χ2v) is 16.4. The average Bonchev–Trinajstić information content (AvgIpc) is 3.85. The normalized spacial score (nSPS) is 11.7. The number of hydrogen-bond donors (Lipinski definition) is 0. The van der Waals surface area contributed by atoms with E-state index in [4.69, 9.17) is 0 Å². The summed E-state index contributed by atoms with van der Waals surface area (Å²) in [5, 5.41) is 10.1. The molecule has 0 fully saturated rings. The van der Waals surface area contributed by atoms with Crippen molar-refractivity contribution >= 4 is 91.9 Å². The molecule has 2 heterocycles. The zero-order valence-corrected chi connectivity index (χ0v) is 32.9. The first-order valence-electron chi connectivity index (χ1n) is 20.2. The number of anilines is 3. The smallest absolute Gasteiger partial charge is 0.0546 e. The Kier molecular flexibility index (Phi) is 7.75. The molecule has 0 aliphatic heterocycles. The van der Waals surface area contributed by atoms with Gasteiger partial charge in [0.25, 0.3) is 0 Å². The molecule has 12 aromatic rings. The number of hydrogen-bond acceptors (Lipinski definition) is 2. The summed E-state index contributed by atoms with van der Waals surface area (Å²) in [5.41, 5.74) is 11.8. The van der Waals surface area contributed by atoms with Crippen LogP contribution < -0.4 is 4.90 Å². The Morgan fingerprint density at radius 1 is 0.339 bits per heavy atom. The molecule has 0 unspecified atom stereocenters. The topological polar surface area (TPSA) is 8.17 Å². The number of para-hydroxylation sites is 2. The van der Waals surface area contributed by atoms with Crippen LogP contribution in [0.25, 0.3) is 91.5 Å². The highest BCUT2D eigenvalue weighted by Gasteiger charge is 2.19. The summed E-state index contributed by atoms with van der Waals surface area (Å²) in [6.45, 7) is 0. The minimum Gasteiger partial charge on any atom is -0.310 e. The van der Waals surface area contributed by atoms with Crippen molar-refractivity contribution in [1.29, 1.82) is 0 Å². The van der Waals surface area contributed by atoms with Crippen LogP contribution in [-0.2, 0) is 0 Å². The summed E-state index contributed by atoms with van der Waals surface area (Å²) in [7, 11) is 0. The number of aromatic nitrogens is 1. The van der Waals surface area contributed by atoms with E-state index in [2.05, 4.69) is 228 Å². The van der Waals surface area contributed by atoms with Gasteiger partial charge in [-0.05, 0) is 117 Å². The van der Waals surface area contributed by atoms with Crippen molar-refractivity contribution < 1.29 is 0 Å². The predicted octanol–water partition coefficient (Wildman–Crippen LogP) is 16.3. The van der Waals surface area contributed by atoms with E-state index in [1.54, 1.807) is 0 Å². The fraction of sp³-hybridized carbons (Fsp3) is 0. The maximum Gasteiger partial charge on any atom is 0.0546 e. The molecule has 0 saturated heterocycles. The van der Waals surface area contributed by atoms with Crippen molar-refractivity contribution in [2.24, 2.45) is 0 Å². The lowest BCUT2D eigenvalue weighted by Crippen LogP contribution is -2.10. The van der Waals surface area contributed by atoms with Gasteiger partial charge >= 0.3 is 0 Å². The molecule has 0 radical (unpaired) electrons. The molecule has 3 heteroatoms. The Balaban J connectivity index is 0.981. The lowest BCUT2D eigenvalue weighted by molar-refractivity contribution is 1.18. The molecule has 10 aromatic carbocycles. The van der Waals surface area contributed by atoms with Gasteiger partial charge < -0.3 is 9.47 Å². The first-order chi connectivity index (χ1) is 29.2. The van der Waals surface area contributed by atoms with Crippen molar-refractivity contribution in [3.63, 3.8) is 0 Å². The fourth-order valence-electron chi connectivity index (χ4n) is 9.17. The molecule has 276 valence electrons. The summed E-state index contributed by atoms with van der Waals surface area (Å²) in [6.07, 6.45) is 0. The zero-order valence-electron chi connectivity index (χ0n) is 32.1. The van der Waals surface area contributed by atoms with E-state index in [0.717, 1.165) is 17.1 Å². The van der Waals surface area contributed by atoms with Crippen LogP contribution in [0.1, 0.15) is 0 Å². The second-order valence-electron chi connectivity index (χ2n) is 15.3. The minimum absolute atomic E-state index is 1.11. The number of nitrogens with zero attached hydrogens (tertiary/aromatic N) is 2. The van der Waals surface area contributed by atoms with E-state index in [9.17, 15) is 0 Å². The molecular formula is C56H36N2S. The summed E-state index contributed by atoms with van der Waals surface area (Å²) in [6, 6.07) is 80.0. The Hall–Kier alpha value is -7.46. The largest absolute Gasteiger partial charge is 0.310 e. The van der Waals surface area contributed by atoms with Crippen LogP contribution >= 0.6 is 11.3 Å². The Morgan fingerprint density at radius 3 is 1.68 bits per heavy atom. The van der Waals surface area contributed by atoms with Gasteiger partial charge in [-0.15, -0.1) is 11.3 Å². The molecule has 0 saturated carbocycles. The Morgan fingerprint density at radius 2 is 0.898 bits per heavy atom. The number of fused-ring (bicyclic) bond motifs is 9. The van der Waals surface area contributed by atoms with Crippen molar-refractivity contribution in [3.8, 4) is 27.9 Å². The molecule has 0 spiro atoms. The zero-order chi connectivity index (χ0) is 38.9. The standard InChI is InChI=1S/C56H36N2S/c1-2-13-43(14-3-1)58-51-18-8-6-16-47(51)49-35-41(27-33-52(49)58)37-23-29-44(30-24-37)57(53-19-10-12-40-22-21-39-11-4-5-15-46(39)56(40)53)45-31-25-38(26-32-45)42-28-34-55-50(36-42)48-17-7-9-20-54(48)59-55/h1-36H. The van der Waals surface area contributed by atoms with Gasteiger partial charge in [-0.2, -0.15) is 0 Å². The third kappa shape index (κ3) is 5.55. The van der Waals surface area contributed by atoms with E-state index in [1.807, 2.05) is 11.3 Å². The molecule has 12 rings (SSSR count). The molecular weight excluding hydrogens is 733 g/mol. The van der Waals surface area contributed by atoms with Crippen LogP contribution in [0.15, 0.2) is 218 Å². The van der Waals surface area contributed by atoms with Gasteiger partial charge in [0.15, 0.2) is 0 Å². The van der Waals surface area contributed by atoms with Gasteiger partial charge in [0.1, 0.15) is 0 Å². The van der Waals surface area contributed by atoms with E-state index in [-0.39, 0.29) is 0 Å². The molecule has 0 aliphatic rings. The maximum atomic E-state index is 2.43. The number of thiophene rings is 1. The summed E-state index contributed by atoms with van der Waals surface area (Å²) in [5.74, 6) is 0. The number of benzene rings is 10. The Bertz CT molecular complexity index is 3540. The maximum absolute atomic E-state index is 2.43. The third-order valence-corrected chi connectivity index (χ3v) is 13.1. The third-order valence-electron chi connectivity index (χ3n) is 12.0. The van der Waals surface area contributed by atoms with Crippen LogP contribution in [0.4, 0.5) is 17.1 Å². The quantitative estimate of drug-likeness (QED) is 0.153. The lowest BCUT2D eigenvalue weighted by atomic mass is 9.98. The fourth-order valence-corrected chi connectivity index (χ4v) is 10.3. The van der Waals surface area contributed by atoms with Crippen LogP contribution in [0.5, 0.6) is 0 Å². The highest BCUT2D eigenvalue weighted by Crippen LogP contribution is 2.44. The van der Waals surface area contributed by atoms with Crippen LogP contribution in [0.2, 0.25) is 0 Å². The summed E-state index contributed by atoms with van der Waals surface area (Å²) in [4.78, 5) is 2.43. The molecule has 2 nitrogen and oxygen atoms in total. The first-order valence-corrected chi connectivity index (χ1v) is 21.0. The Labute approximate surface area is 346 Å². The molecule has 59 heavy (non-hydrogen) atoms. The van der Waals surface area contributed by atoms with E-state index in [1.165, 1.54) is 91.5 Å². The molecule has 2 aromatic heterocycles. The summed E-state index contributed by atoms with van der Waals surface area (Å²) >= 11 is 1.86. The summed E-state index contributed by atoms with van der Waals surface area (Å²) < 4.78 is 5.02. The van der Waals surface area contributed by atoms with Crippen molar-refractivity contribution in [2.45, 2.75) is 0 Å². The van der Waals surface area contributed by atoms with Crippen molar-refractivity contribution in [3.05, 3.63) is 218 Å². The highest BCUT2D eigenvalue weighted by molar-refractivity contribution is 7.25. The molecule has 0 atom stereocenters. The van der Waals surface area contributed by atoms with E-state index in [0.29, 0.717) is 0 Å². The van der Waals surface area contributed by atoms with Gasteiger partial charge in [0.2, 0.25) is 0 Å². The lowest BCUT2D eigenvalue weighted by Gasteiger charge is -2.28. The van der Waals surface area contributed by atoms with Gasteiger partial charge in [0.05, 0.1) is 16.7 Å². The van der Waals surface area contributed by atoms with Gasteiger partial charge in [0, 0.05) is 53.4 Å². The van der Waals surface area contributed by atoms with Crippen molar-refractivity contribution in [1.82, 2.24) is 4.57 Å².